The topological polar surface area (TPSA) is 29.5 Å². The lowest BCUT2D eigenvalue weighted by molar-refractivity contribution is -0.0228. The standard InChI is InChI=1S/C17H15F2NO2/c18-14-7-6-13(10-15(14)19)17(21)20-8-9-22-16(11-20)12-4-2-1-3-5-12/h1-7,10,16H,8-9,11H2. The lowest BCUT2D eigenvalue weighted by atomic mass is 10.1. The fraction of sp³-hybridized carbons (Fsp3) is 0.235. The molecule has 114 valence electrons. The molecule has 0 bridgehead atoms. The van der Waals surface area contributed by atoms with Gasteiger partial charge in [-0.05, 0) is 23.8 Å². The van der Waals surface area contributed by atoms with Crippen molar-refractivity contribution in [1.82, 2.24) is 4.90 Å². The summed E-state index contributed by atoms with van der Waals surface area (Å²) in [6.45, 7) is 1.23. The number of morpholine rings is 1. The quantitative estimate of drug-likeness (QED) is 0.853. The number of ether oxygens (including phenoxy) is 1. The Morgan fingerprint density at radius 3 is 2.59 bits per heavy atom. The van der Waals surface area contributed by atoms with Crippen molar-refractivity contribution in [1.29, 1.82) is 0 Å². The molecule has 3 nitrogen and oxygen atoms in total. The Morgan fingerprint density at radius 1 is 1.09 bits per heavy atom. The molecule has 22 heavy (non-hydrogen) atoms. The number of halogens is 2. The number of rotatable bonds is 2. The molecule has 5 heteroatoms. The summed E-state index contributed by atoms with van der Waals surface area (Å²) in [5.74, 6) is -2.29. The van der Waals surface area contributed by atoms with Crippen LogP contribution < -0.4 is 0 Å². The van der Waals surface area contributed by atoms with Crippen LogP contribution in [0.15, 0.2) is 48.5 Å². The Balaban J connectivity index is 1.76. The summed E-state index contributed by atoms with van der Waals surface area (Å²) in [7, 11) is 0. The van der Waals surface area contributed by atoms with Gasteiger partial charge in [0.1, 0.15) is 6.10 Å². The van der Waals surface area contributed by atoms with E-state index in [1.165, 1.54) is 6.07 Å². The highest BCUT2D eigenvalue weighted by Gasteiger charge is 2.26. The predicted molar refractivity (Wildman–Crippen MR) is 77.4 cm³/mol. The largest absolute Gasteiger partial charge is 0.370 e. The maximum Gasteiger partial charge on any atom is 0.254 e. The highest BCUT2D eigenvalue weighted by molar-refractivity contribution is 5.94. The van der Waals surface area contributed by atoms with E-state index in [0.717, 1.165) is 17.7 Å². The summed E-state index contributed by atoms with van der Waals surface area (Å²) >= 11 is 0. The minimum atomic E-state index is -1.02. The van der Waals surface area contributed by atoms with Gasteiger partial charge in [-0.3, -0.25) is 4.79 Å². The fourth-order valence-corrected chi connectivity index (χ4v) is 2.51. The zero-order chi connectivity index (χ0) is 15.5. The first-order valence-corrected chi connectivity index (χ1v) is 7.06. The molecule has 0 radical (unpaired) electrons. The van der Waals surface area contributed by atoms with E-state index in [2.05, 4.69) is 0 Å². The predicted octanol–water partition coefficient (Wildman–Crippen LogP) is 3.18. The Labute approximate surface area is 127 Å². The molecule has 1 aliphatic rings. The first kappa shape index (κ1) is 14.7. The van der Waals surface area contributed by atoms with Crippen molar-refractivity contribution in [3.05, 3.63) is 71.3 Å². The lowest BCUT2D eigenvalue weighted by Gasteiger charge is -2.33. The zero-order valence-corrected chi connectivity index (χ0v) is 11.8. The molecule has 2 aromatic carbocycles. The minimum absolute atomic E-state index is 0.146. The molecule has 1 saturated heterocycles. The van der Waals surface area contributed by atoms with Gasteiger partial charge in [-0.25, -0.2) is 8.78 Å². The summed E-state index contributed by atoms with van der Waals surface area (Å²) in [5, 5.41) is 0. The molecule has 0 spiro atoms. The molecule has 0 N–H and O–H groups in total. The van der Waals surface area contributed by atoms with E-state index in [1.54, 1.807) is 4.90 Å². The molecule has 0 aromatic heterocycles. The van der Waals surface area contributed by atoms with Gasteiger partial charge in [0.05, 0.1) is 13.2 Å². The van der Waals surface area contributed by atoms with Gasteiger partial charge in [0.2, 0.25) is 0 Å². The molecule has 1 unspecified atom stereocenters. The van der Waals surface area contributed by atoms with Gasteiger partial charge in [0.25, 0.3) is 5.91 Å². The Bertz CT molecular complexity index is 676. The third-order valence-corrected chi connectivity index (χ3v) is 3.69. The number of nitrogens with zero attached hydrogens (tertiary/aromatic N) is 1. The molecule has 3 rings (SSSR count). The smallest absolute Gasteiger partial charge is 0.254 e. The normalized spacial score (nSPS) is 18.3. The van der Waals surface area contributed by atoms with Crippen LogP contribution >= 0.6 is 0 Å². The maximum atomic E-state index is 13.3. The van der Waals surface area contributed by atoms with E-state index >= 15 is 0 Å². The maximum absolute atomic E-state index is 13.3. The minimum Gasteiger partial charge on any atom is -0.370 e. The van der Waals surface area contributed by atoms with Crippen LogP contribution in [0.4, 0.5) is 8.78 Å². The average Bonchev–Trinajstić information content (AvgIpc) is 2.57. The second-order valence-corrected chi connectivity index (χ2v) is 5.15. The zero-order valence-electron chi connectivity index (χ0n) is 11.8. The Hall–Kier alpha value is -2.27. The lowest BCUT2D eigenvalue weighted by Crippen LogP contribution is -2.42. The highest BCUT2D eigenvalue weighted by Crippen LogP contribution is 2.23. The van der Waals surface area contributed by atoms with E-state index in [0.29, 0.717) is 19.7 Å². The first-order valence-electron chi connectivity index (χ1n) is 7.06. The van der Waals surface area contributed by atoms with Crippen LogP contribution in [0.3, 0.4) is 0 Å². The number of carbonyl (C=O) groups is 1. The molecule has 1 fully saturated rings. The third kappa shape index (κ3) is 2.99. The Kier molecular flexibility index (Phi) is 4.15. The van der Waals surface area contributed by atoms with Crippen LogP contribution in [-0.4, -0.2) is 30.5 Å². The van der Waals surface area contributed by atoms with Crippen molar-refractivity contribution in [2.75, 3.05) is 19.7 Å². The second kappa shape index (κ2) is 6.23. The molecular formula is C17H15F2NO2. The van der Waals surface area contributed by atoms with Gasteiger partial charge in [-0.1, -0.05) is 30.3 Å². The second-order valence-electron chi connectivity index (χ2n) is 5.15. The average molecular weight is 303 g/mol. The van der Waals surface area contributed by atoms with Gasteiger partial charge in [0, 0.05) is 12.1 Å². The number of amides is 1. The SMILES string of the molecule is O=C(c1ccc(F)c(F)c1)N1CCOC(c2ccccc2)C1. The summed E-state index contributed by atoms with van der Waals surface area (Å²) in [6, 6.07) is 12.8. The van der Waals surface area contributed by atoms with Crippen LogP contribution in [0.1, 0.15) is 22.0 Å². The molecule has 1 amide bonds. The van der Waals surface area contributed by atoms with Crippen molar-refractivity contribution < 1.29 is 18.3 Å². The summed E-state index contributed by atoms with van der Waals surface area (Å²) in [4.78, 5) is 14.0. The Morgan fingerprint density at radius 2 is 1.86 bits per heavy atom. The van der Waals surface area contributed by atoms with Gasteiger partial charge < -0.3 is 9.64 Å². The molecule has 1 atom stereocenters. The summed E-state index contributed by atoms with van der Waals surface area (Å²) in [6.07, 6.45) is -0.204. The third-order valence-electron chi connectivity index (χ3n) is 3.69. The molecule has 0 aliphatic carbocycles. The van der Waals surface area contributed by atoms with Gasteiger partial charge >= 0.3 is 0 Å². The van der Waals surface area contributed by atoms with Crippen LogP contribution in [0.2, 0.25) is 0 Å². The van der Waals surface area contributed by atoms with E-state index in [1.807, 2.05) is 30.3 Å². The van der Waals surface area contributed by atoms with Crippen LogP contribution in [-0.2, 0) is 4.74 Å². The van der Waals surface area contributed by atoms with E-state index in [4.69, 9.17) is 4.74 Å². The van der Waals surface area contributed by atoms with Crippen LogP contribution in [0, 0.1) is 11.6 Å². The van der Waals surface area contributed by atoms with Crippen LogP contribution in [0.25, 0.3) is 0 Å². The first-order chi connectivity index (χ1) is 10.6. The van der Waals surface area contributed by atoms with Crippen molar-refractivity contribution in [2.24, 2.45) is 0 Å². The number of benzene rings is 2. The molecule has 2 aromatic rings. The molecular weight excluding hydrogens is 288 g/mol. The number of hydrogen-bond donors (Lipinski definition) is 0. The monoisotopic (exact) mass is 303 g/mol. The number of carbonyl (C=O) groups excluding carboxylic acids is 1. The van der Waals surface area contributed by atoms with Crippen molar-refractivity contribution in [3.8, 4) is 0 Å². The van der Waals surface area contributed by atoms with Crippen LogP contribution in [0.5, 0.6) is 0 Å². The van der Waals surface area contributed by atoms with Gasteiger partial charge in [-0.15, -0.1) is 0 Å². The van der Waals surface area contributed by atoms with Crippen molar-refractivity contribution in [2.45, 2.75) is 6.10 Å². The van der Waals surface area contributed by atoms with E-state index in [-0.39, 0.29) is 17.6 Å². The van der Waals surface area contributed by atoms with E-state index in [9.17, 15) is 13.6 Å². The molecule has 1 aliphatic heterocycles. The fourth-order valence-electron chi connectivity index (χ4n) is 2.51. The molecule has 0 saturated carbocycles. The van der Waals surface area contributed by atoms with Crippen molar-refractivity contribution in [3.63, 3.8) is 0 Å². The van der Waals surface area contributed by atoms with Gasteiger partial charge in [0.15, 0.2) is 11.6 Å². The summed E-state index contributed by atoms with van der Waals surface area (Å²) in [5.41, 5.74) is 1.14. The molecule has 1 heterocycles. The van der Waals surface area contributed by atoms with E-state index < -0.39 is 11.6 Å². The van der Waals surface area contributed by atoms with Gasteiger partial charge in [-0.2, -0.15) is 0 Å². The highest BCUT2D eigenvalue weighted by atomic mass is 19.2. The number of hydrogen-bond acceptors (Lipinski definition) is 2. The summed E-state index contributed by atoms with van der Waals surface area (Å²) < 4.78 is 31.9. The van der Waals surface area contributed by atoms with Crippen molar-refractivity contribution >= 4 is 5.91 Å².